The number of carboxylic acids is 1. The van der Waals surface area contributed by atoms with Crippen molar-refractivity contribution in [1.29, 1.82) is 0 Å². The highest BCUT2D eigenvalue weighted by Crippen LogP contribution is 2.23. The van der Waals surface area contributed by atoms with Gasteiger partial charge in [-0.3, -0.25) is 4.79 Å². The molecule has 1 atom stereocenters. The lowest BCUT2D eigenvalue weighted by Crippen LogP contribution is -2.38. The van der Waals surface area contributed by atoms with Crippen LogP contribution in [0.3, 0.4) is 0 Å². The average molecular weight is 312 g/mol. The van der Waals surface area contributed by atoms with Gasteiger partial charge in [0.25, 0.3) is 0 Å². The Kier molecular flexibility index (Phi) is 4.98. The maximum atomic E-state index is 11.7. The van der Waals surface area contributed by atoms with Crippen molar-refractivity contribution in [1.82, 2.24) is 4.72 Å². The highest BCUT2D eigenvalue weighted by atomic mass is 35.5. The first-order chi connectivity index (χ1) is 8.21. The molecule has 0 fully saturated rings. The van der Waals surface area contributed by atoms with Gasteiger partial charge in [0, 0.05) is 0 Å². The van der Waals surface area contributed by atoms with E-state index in [4.69, 9.17) is 28.3 Å². The third kappa shape index (κ3) is 4.45. The van der Waals surface area contributed by atoms with E-state index in [1.165, 1.54) is 25.1 Å². The molecule has 0 spiro atoms. The fraction of sp³-hybridized carbons (Fsp3) is 0.300. The van der Waals surface area contributed by atoms with Crippen molar-refractivity contribution in [2.75, 3.05) is 0 Å². The highest BCUT2D eigenvalue weighted by molar-refractivity contribution is 7.88. The number of rotatable bonds is 5. The number of sulfonamides is 1. The molecule has 1 rings (SSSR count). The third-order valence-electron chi connectivity index (χ3n) is 2.07. The Hall–Kier alpha value is -0.820. The largest absolute Gasteiger partial charge is 0.480 e. The van der Waals surface area contributed by atoms with Gasteiger partial charge < -0.3 is 5.11 Å². The average Bonchev–Trinajstić information content (AvgIpc) is 2.22. The Balaban J connectivity index is 2.82. The molecule has 1 aromatic rings. The van der Waals surface area contributed by atoms with Gasteiger partial charge in [0.05, 0.1) is 15.8 Å². The van der Waals surface area contributed by atoms with Crippen molar-refractivity contribution in [2.24, 2.45) is 0 Å². The molecule has 0 saturated carbocycles. The molecular formula is C10H11Cl2NO4S. The number of aliphatic carboxylic acids is 1. The van der Waals surface area contributed by atoms with Crippen LogP contribution >= 0.6 is 23.2 Å². The Bertz CT molecular complexity index is 559. The summed E-state index contributed by atoms with van der Waals surface area (Å²) < 4.78 is 25.4. The molecule has 1 unspecified atom stereocenters. The molecule has 18 heavy (non-hydrogen) atoms. The van der Waals surface area contributed by atoms with Crippen LogP contribution in [0.5, 0.6) is 0 Å². The smallest absolute Gasteiger partial charge is 0.321 e. The molecular weight excluding hydrogens is 301 g/mol. The Morgan fingerprint density at radius 3 is 2.50 bits per heavy atom. The number of carbonyl (C=O) groups is 1. The van der Waals surface area contributed by atoms with E-state index in [9.17, 15) is 13.2 Å². The fourth-order valence-electron chi connectivity index (χ4n) is 1.21. The normalized spacial score (nSPS) is 13.3. The number of benzene rings is 1. The lowest BCUT2D eigenvalue weighted by atomic mass is 10.2. The number of hydrogen-bond donors (Lipinski definition) is 2. The maximum absolute atomic E-state index is 11.7. The summed E-state index contributed by atoms with van der Waals surface area (Å²) in [5.41, 5.74) is 0.425. The van der Waals surface area contributed by atoms with Crippen molar-refractivity contribution in [2.45, 2.75) is 18.7 Å². The van der Waals surface area contributed by atoms with Crippen LogP contribution in [0.15, 0.2) is 18.2 Å². The van der Waals surface area contributed by atoms with Gasteiger partial charge in [0.1, 0.15) is 6.04 Å². The summed E-state index contributed by atoms with van der Waals surface area (Å²) in [4.78, 5) is 10.6. The summed E-state index contributed by atoms with van der Waals surface area (Å²) in [7, 11) is -3.74. The number of hydrogen-bond acceptors (Lipinski definition) is 3. The first-order valence-corrected chi connectivity index (χ1v) is 7.29. The van der Waals surface area contributed by atoms with E-state index >= 15 is 0 Å². The maximum Gasteiger partial charge on any atom is 0.321 e. The SMILES string of the molecule is CC(NS(=O)(=O)Cc1ccc(Cl)c(Cl)c1)C(=O)O. The van der Waals surface area contributed by atoms with Gasteiger partial charge in [-0.25, -0.2) is 13.1 Å². The van der Waals surface area contributed by atoms with Gasteiger partial charge in [0.15, 0.2) is 0 Å². The monoisotopic (exact) mass is 311 g/mol. The van der Waals surface area contributed by atoms with Gasteiger partial charge in [-0.1, -0.05) is 29.3 Å². The minimum atomic E-state index is -3.74. The minimum absolute atomic E-state index is 0.246. The summed E-state index contributed by atoms with van der Waals surface area (Å²) in [6.45, 7) is 1.24. The Labute approximate surface area is 115 Å². The van der Waals surface area contributed by atoms with Crippen LogP contribution in [0.1, 0.15) is 12.5 Å². The molecule has 2 N–H and O–H groups in total. The summed E-state index contributed by atoms with van der Waals surface area (Å²) in [6.07, 6.45) is 0. The van der Waals surface area contributed by atoms with Crippen molar-refractivity contribution in [3.8, 4) is 0 Å². The highest BCUT2D eigenvalue weighted by Gasteiger charge is 2.20. The quantitative estimate of drug-likeness (QED) is 0.869. The number of halogens is 2. The van der Waals surface area contributed by atoms with Crippen molar-refractivity contribution >= 4 is 39.2 Å². The molecule has 8 heteroatoms. The lowest BCUT2D eigenvalue weighted by molar-refractivity contribution is -0.138. The summed E-state index contributed by atoms with van der Waals surface area (Å²) in [5, 5.41) is 9.20. The van der Waals surface area contributed by atoms with Crippen molar-refractivity contribution in [3.63, 3.8) is 0 Å². The predicted molar refractivity (Wildman–Crippen MR) is 69.3 cm³/mol. The van der Waals surface area contributed by atoms with E-state index in [0.717, 1.165) is 0 Å². The molecule has 0 radical (unpaired) electrons. The van der Waals surface area contributed by atoms with Gasteiger partial charge >= 0.3 is 5.97 Å². The first-order valence-electron chi connectivity index (χ1n) is 4.88. The standard InChI is InChI=1S/C10H11Cl2NO4S/c1-6(10(14)15)13-18(16,17)5-7-2-3-8(11)9(12)4-7/h2-4,6,13H,5H2,1H3,(H,14,15). The lowest BCUT2D eigenvalue weighted by Gasteiger charge is -2.10. The van der Waals surface area contributed by atoms with Gasteiger partial charge in [0.2, 0.25) is 10.0 Å². The topological polar surface area (TPSA) is 83.5 Å². The number of carboxylic acid groups (broad SMARTS) is 1. The van der Waals surface area contributed by atoms with Crippen LogP contribution in [0.2, 0.25) is 10.0 Å². The zero-order valence-corrected chi connectivity index (χ0v) is 11.7. The summed E-state index contributed by atoms with van der Waals surface area (Å²) in [6, 6.07) is 3.24. The van der Waals surface area contributed by atoms with Crippen molar-refractivity contribution < 1.29 is 18.3 Å². The van der Waals surface area contributed by atoms with Gasteiger partial charge in [-0.2, -0.15) is 0 Å². The van der Waals surface area contributed by atoms with Crippen LogP contribution in [0, 0.1) is 0 Å². The molecule has 0 aliphatic carbocycles. The second kappa shape index (κ2) is 5.88. The Morgan fingerprint density at radius 1 is 1.39 bits per heavy atom. The van der Waals surface area contributed by atoms with E-state index in [2.05, 4.69) is 0 Å². The van der Waals surface area contributed by atoms with Crippen LogP contribution in [-0.2, 0) is 20.6 Å². The fourth-order valence-corrected chi connectivity index (χ4v) is 2.87. The van der Waals surface area contributed by atoms with E-state index in [1.54, 1.807) is 0 Å². The Morgan fingerprint density at radius 2 is 2.00 bits per heavy atom. The van der Waals surface area contributed by atoms with E-state index in [1.807, 2.05) is 4.72 Å². The van der Waals surface area contributed by atoms with Crippen LogP contribution in [0.25, 0.3) is 0 Å². The molecule has 0 aliphatic heterocycles. The molecule has 0 amide bonds. The zero-order chi connectivity index (χ0) is 13.9. The molecule has 0 bridgehead atoms. The van der Waals surface area contributed by atoms with Crippen molar-refractivity contribution in [3.05, 3.63) is 33.8 Å². The van der Waals surface area contributed by atoms with E-state index in [0.29, 0.717) is 10.6 Å². The van der Waals surface area contributed by atoms with Crippen LogP contribution in [-0.4, -0.2) is 25.5 Å². The second-order valence-electron chi connectivity index (χ2n) is 3.69. The molecule has 0 heterocycles. The summed E-state index contributed by atoms with van der Waals surface area (Å²) >= 11 is 11.5. The van der Waals surface area contributed by atoms with Gasteiger partial charge in [-0.15, -0.1) is 0 Å². The molecule has 100 valence electrons. The van der Waals surface area contributed by atoms with E-state index < -0.39 is 22.0 Å². The van der Waals surface area contributed by atoms with Crippen LogP contribution < -0.4 is 4.72 Å². The van der Waals surface area contributed by atoms with E-state index in [-0.39, 0.29) is 10.8 Å². The van der Waals surface area contributed by atoms with Crippen LogP contribution in [0.4, 0.5) is 0 Å². The molecule has 0 aromatic heterocycles. The zero-order valence-electron chi connectivity index (χ0n) is 9.35. The molecule has 1 aromatic carbocycles. The predicted octanol–water partition coefficient (Wildman–Crippen LogP) is 1.89. The molecule has 0 saturated heterocycles. The van der Waals surface area contributed by atoms with Gasteiger partial charge in [-0.05, 0) is 24.6 Å². The summed E-state index contributed by atoms with van der Waals surface area (Å²) in [5.74, 6) is -1.60. The second-order valence-corrected chi connectivity index (χ2v) is 6.25. The third-order valence-corrected chi connectivity index (χ3v) is 4.23. The first kappa shape index (κ1) is 15.2. The molecule has 0 aliphatic rings. The minimum Gasteiger partial charge on any atom is -0.480 e. The molecule has 5 nitrogen and oxygen atoms in total. The number of nitrogens with one attached hydrogen (secondary N) is 1.